The fourth-order valence-corrected chi connectivity index (χ4v) is 4.52. The van der Waals surface area contributed by atoms with E-state index in [2.05, 4.69) is 26.6 Å². The number of esters is 1. The first-order valence-corrected chi connectivity index (χ1v) is 13.3. The molecule has 0 radical (unpaired) electrons. The predicted molar refractivity (Wildman–Crippen MR) is 158 cm³/mol. The number of aromatic nitrogens is 1. The topological polar surface area (TPSA) is 125 Å². The van der Waals surface area contributed by atoms with Gasteiger partial charge in [-0.2, -0.15) is 0 Å². The average Bonchev–Trinajstić information content (AvgIpc) is 2.98. The molecule has 0 aliphatic rings. The lowest BCUT2D eigenvalue weighted by Gasteiger charge is -2.15. The van der Waals surface area contributed by atoms with Crippen molar-refractivity contribution in [3.05, 3.63) is 76.3 Å². The molecule has 1 heterocycles. The molecule has 0 bridgehead atoms. The lowest BCUT2D eigenvalue weighted by molar-refractivity contribution is -0.115. The van der Waals surface area contributed by atoms with Gasteiger partial charge < -0.3 is 29.6 Å². The van der Waals surface area contributed by atoms with E-state index in [1.807, 2.05) is 6.07 Å². The second kappa shape index (κ2) is 13.1. The van der Waals surface area contributed by atoms with Crippen molar-refractivity contribution in [3.63, 3.8) is 0 Å². The molecule has 4 rings (SSSR count). The molecular weight excluding hydrogens is 594 g/mol. The van der Waals surface area contributed by atoms with E-state index in [1.54, 1.807) is 55.5 Å². The van der Waals surface area contributed by atoms with Crippen molar-refractivity contribution in [2.24, 2.45) is 0 Å². The molecule has 2 amide bonds. The number of pyridine rings is 1. The van der Waals surface area contributed by atoms with Crippen LogP contribution < -0.4 is 24.8 Å². The third-order valence-electron chi connectivity index (χ3n) is 6.04. The van der Waals surface area contributed by atoms with Gasteiger partial charge in [-0.3, -0.25) is 9.59 Å². The number of nitrogens with one attached hydrogen (secondary N) is 2. The fourth-order valence-electron chi connectivity index (χ4n) is 4.16. The summed E-state index contributed by atoms with van der Waals surface area (Å²) in [5, 5.41) is 5.95. The summed E-state index contributed by atoms with van der Waals surface area (Å²) in [7, 11) is 4.55. The van der Waals surface area contributed by atoms with Gasteiger partial charge in [0.1, 0.15) is 0 Å². The summed E-state index contributed by atoms with van der Waals surface area (Å²) in [6.07, 6.45) is 0. The van der Waals surface area contributed by atoms with Gasteiger partial charge in [-0.1, -0.05) is 22.0 Å². The van der Waals surface area contributed by atoms with Gasteiger partial charge in [-0.25, -0.2) is 9.78 Å². The summed E-state index contributed by atoms with van der Waals surface area (Å²) >= 11 is 3.45. The summed E-state index contributed by atoms with van der Waals surface area (Å²) in [5.41, 5.74) is 2.73. The van der Waals surface area contributed by atoms with E-state index in [-0.39, 0.29) is 13.2 Å². The highest BCUT2D eigenvalue weighted by molar-refractivity contribution is 9.10. The Morgan fingerprint density at radius 2 is 1.63 bits per heavy atom. The number of rotatable bonds is 10. The molecule has 0 fully saturated rings. The molecule has 0 unspecified atom stereocenters. The van der Waals surface area contributed by atoms with Crippen LogP contribution in [0.3, 0.4) is 0 Å². The van der Waals surface area contributed by atoms with Crippen molar-refractivity contribution >= 4 is 50.3 Å². The second-order valence-electron chi connectivity index (χ2n) is 8.66. The summed E-state index contributed by atoms with van der Waals surface area (Å²) in [6.45, 7) is 1.65. The van der Waals surface area contributed by atoms with Gasteiger partial charge in [0.05, 0.1) is 56.8 Å². The number of nitrogens with zero attached hydrogens (tertiary/aromatic N) is 1. The van der Waals surface area contributed by atoms with Crippen LogP contribution in [0.25, 0.3) is 22.2 Å². The maximum atomic E-state index is 13.4. The molecule has 212 valence electrons. The molecule has 3 aromatic carbocycles. The number of fused-ring (bicyclic) bond motifs is 1. The van der Waals surface area contributed by atoms with Crippen LogP contribution in [0, 0.1) is 0 Å². The number of hydrogen-bond acceptors (Lipinski definition) is 8. The largest absolute Gasteiger partial charge is 0.493 e. The van der Waals surface area contributed by atoms with Crippen LogP contribution in [0.4, 0.5) is 5.69 Å². The van der Waals surface area contributed by atoms with Gasteiger partial charge in [-0.05, 0) is 61.5 Å². The number of carbonyl (C=O) groups is 3. The van der Waals surface area contributed by atoms with Crippen LogP contribution in [0.15, 0.2) is 65.1 Å². The minimum Gasteiger partial charge on any atom is -0.493 e. The van der Waals surface area contributed by atoms with Gasteiger partial charge in [0.15, 0.2) is 11.5 Å². The Morgan fingerprint density at radius 1 is 0.902 bits per heavy atom. The predicted octanol–water partition coefficient (Wildman–Crippen LogP) is 5.24. The molecule has 4 aromatic rings. The Labute approximate surface area is 245 Å². The molecule has 10 nitrogen and oxygen atoms in total. The first kappa shape index (κ1) is 29.3. The minimum absolute atomic E-state index is 0.239. The fraction of sp³-hybridized carbons (Fsp3) is 0.200. The van der Waals surface area contributed by atoms with Gasteiger partial charge in [0.2, 0.25) is 11.7 Å². The van der Waals surface area contributed by atoms with E-state index in [0.29, 0.717) is 56.2 Å². The van der Waals surface area contributed by atoms with Crippen LogP contribution in [-0.2, 0) is 9.53 Å². The summed E-state index contributed by atoms with van der Waals surface area (Å²) in [6, 6.07) is 16.9. The quantitative estimate of drug-likeness (QED) is 0.230. The summed E-state index contributed by atoms with van der Waals surface area (Å²) < 4.78 is 22.1. The van der Waals surface area contributed by atoms with E-state index >= 15 is 0 Å². The highest BCUT2D eigenvalue weighted by atomic mass is 79.9. The van der Waals surface area contributed by atoms with Crippen LogP contribution in [0.2, 0.25) is 0 Å². The Balaban J connectivity index is 1.61. The number of amides is 2. The molecule has 1 aromatic heterocycles. The Morgan fingerprint density at radius 3 is 2.29 bits per heavy atom. The third kappa shape index (κ3) is 6.75. The van der Waals surface area contributed by atoms with Gasteiger partial charge in [0.25, 0.3) is 5.91 Å². The number of methoxy groups -OCH3 is 3. The van der Waals surface area contributed by atoms with Crippen LogP contribution in [0.5, 0.6) is 17.2 Å². The number of carbonyl (C=O) groups excluding carboxylic acids is 3. The maximum absolute atomic E-state index is 13.4. The Kier molecular flexibility index (Phi) is 9.41. The lowest BCUT2D eigenvalue weighted by Crippen LogP contribution is -2.33. The first-order valence-electron chi connectivity index (χ1n) is 12.5. The molecule has 2 N–H and O–H groups in total. The van der Waals surface area contributed by atoms with Crippen molar-refractivity contribution in [1.82, 2.24) is 10.3 Å². The molecule has 0 saturated heterocycles. The van der Waals surface area contributed by atoms with Crippen LogP contribution in [-0.4, -0.2) is 57.2 Å². The van der Waals surface area contributed by atoms with Gasteiger partial charge in [-0.15, -0.1) is 0 Å². The number of benzene rings is 3. The molecule has 41 heavy (non-hydrogen) atoms. The normalized spacial score (nSPS) is 10.6. The Bertz CT molecular complexity index is 1600. The van der Waals surface area contributed by atoms with E-state index in [4.69, 9.17) is 23.9 Å². The molecule has 0 saturated carbocycles. The van der Waals surface area contributed by atoms with Crippen molar-refractivity contribution < 1.29 is 33.3 Å². The van der Waals surface area contributed by atoms with Crippen LogP contribution in [0.1, 0.15) is 27.6 Å². The number of ether oxygens (including phenoxy) is 4. The Hall–Kier alpha value is -4.64. The monoisotopic (exact) mass is 621 g/mol. The maximum Gasteiger partial charge on any atom is 0.338 e. The second-order valence-corrected chi connectivity index (χ2v) is 9.58. The summed E-state index contributed by atoms with van der Waals surface area (Å²) in [4.78, 5) is 42.8. The van der Waals surface area contributed by atoms with E-state index < -0.39 is 17.8 Å². The van der Waals surface area contributed by atoms with Crippen molar-refractivity contribution in [1.29, 1.82) is 0 Å². The number of halogens is 1. The van der Waals surface area contributed by atoms with Gasteiger partial charge >= 0.3 is 5.97 Å². The molecule has 0 aliphatic carbocycles. The number of anilines is 1. The van der Waals surface area contributed by atoms with E-state index in [9.17, 15) is 14.4 Å². The minimum atomic E-state index is -0.490. The van der Waals surface area contributed by atoms with E-state index in [1.165, 1.54) is 27.4 Å². The highest BCUT2D eigenvalue weighted by Gasteiger charge is 2.19. The van der Waals surface area contributed by atoms with Crippen LogP contribution >= 0.6 is 15.9 Å². The molecule has 0 spiro atoms. The zero-order valence-electron chi connectivity index (χ0n) is 22.9. The van der Waals surface area contributed by atoms with Gasteiger partial charge in [0, 0.05) is 21.1 Å². The first-order chi connectivity index (χ1) is 19.8. The van der Waals surface area contributed by atoms with Crippen molar-refractivity contribution in [2.75, 3.05) is 39.8 Å². The SMILES string of the molecule is CCOC(=O)c1cccc(NC(=O)CNC(=O)c2cc(-c3cc(OC)c(OC)c(OC)c3)nc3ccc(Br)cc23)c1. The van der Waals surface area contributed by atoms with Crippen molar-refractivity contribution in [3.8, 4) is 28.5 Å². The molecule has 0 atom stereocenters. The van der Waals surface area contributed by atoms with Crippen molar-refractivity contribution in [2.45, 2.75) is 6.92 Å². The molecule has 0 aliphatic heterocycles. The summed E-state index contributed by atoms with van der Waals surface area (Å²) in [5.74, 6) is -0.123. The highest BCUT2D eigenvalue weighted by Crippen LogP contribution is 2.41. The molecular formula is C30H28BrN3O7. The zero-order valence-corrected chi connectivity index (χ0v) is 24.5. The standard InChI is InChI=1S/C30H28BrN3O7/c1-5-41-30(37)17-7-6-8-20(11-17)33-27(35)16-32-29(36)22-15-24(34-23-10-9-19(31)14-21(22)23)18-12-25(38-2)28(40-4)26(13-18)39-3/h6-15H,5,16H2,1-4H3,(H,32,36)(H,33,35). The molecule has 11 heteroatoms. The smallest absolute Gasteiger partial charge is 0.338 e. The zero-order chi connectivity index (χ0) is 29.5. The lowest BCUT2D eigenvalue weighted by atomic mass is 10.0. The number of hydrogen-bond donors (Lipinski definition) is 2. The average molecular weight is 622 g/mol. The third-order valence-corrected chi connectivity index (χ3v) is 6.54. The van der Waals surface area contributed by atoms with E-state index in [0.717, 1.165) is 4.47 Å².